The van der Waals surface area contributed by atoms with Crippen LogP contribution in [0.5, 0.6) is 11.5 Å². The van der Waals surface area contributed by atoms with E-state index in [1.54, 1.807) is 13.2 Å². The molecule has 1 rings (SSSR count). The fourth-order valence-corrected chi connectivity index (χ4v) is 2.54. The SMILES string of the molecule is CCCCN(CC)C(=O)CCc1cc(N)cc(OC)c1OCC. The monoisotopic (exact) mass is 322 g/mol. The summed E-state index contributed by atoms with van der Waals surface area (Å²) < 4.78 is 11.0. The molecular formula is C18H30N2O3. The van der Waals surface area contributed by atoms with Gasteiger partial charge < -0.3 is 20.1 Å². The first-order valence-corrected chi connectivity index (χ1v) is 8.44. The summed E-state index contributed by atoms with van der Waals surface area (Å²) in [5.41, 5.74) is 7.46. The third-order valence-corrected chi connectivity index (χ3v) is 3.79. The number of methoxy groups -OCH3 is 1. The molecule has 0 saturated heterocycles. The molecule has 0 saturated carbocycles. The number of aryl methyl sites for hydroxylation is 1. The predicted octanol–water partition coefficient (Wildman–Crippen LogP) is 3.26. The van der Waals surface area contributed by atoms with E-state index in [2.05, 4.69) is 6.92 Å². The van der Waals surface area contributed by atoms with Gasteiger partial charge in [0.1, 0.15) is 0 Å². The first-order chi connectivity index (χ1) is 11.1. The van der Waals surface area contributed by atoms with Crippen molar-refractivity contribution in [3.05, 3.63) is 17.7 Å². The number of nitrogens with zero attached hydrogens (tertiary/aromatic N) is 1. The number of anilines is 1. The number of unbranched alkanes of at least 4 members (excludes halogenated alkanes) is 1. The lowest BCUT2D eigenvalue weighted by molar-refractivity contribution is -0.131. The van der Waals surface area contributed by atoms with Crippen molar-refractivity contribution in [1.82, 2.24) is 4.90 Å². The van der Waals surface area contributed by atoms with Gasteiger partial charge in [0.2, 0.25) is 5.91 Å². The quantitative estimate of drug-likeness (QED) is 0.672. The molecule has 0 aromatic heterocycles. The molecule has 130 valence electrons. The summed E-state index contributed by atoms with van der Waals surface area (Å²) in [5, 5.41) is 0. The van der Waals surface area contributed by atoms with E-state index >= 15 is 0 Å². The highest BCUT2D eigenvalue weighted by Crippen LogP contribution is 2.34. The summed E-state index contributed by atoms with van der Waals surface area (Å²) in [6.45, 7) is 8.18. The van der Waals surface area contributed by atoms with Crippen LogP contribution in [0.15, 0.2) is 12.1 Å². The van der Waals surface area contributed by atoms with Gasteiger partial charge in [-0.15, -0.1) is 0 Å². The summed E-state index contributed by atoms with van der Waals surface area (Å²) in [6, 6.07) is 3.61. The normalized spacial score (nSPS) is 10.4. The Hall–Kier alpha value is -1.91. The van der Waals surface area contributed by atoms with Crippen molar-refractivity contribution in [1.29, 1.82) is 0 Å². The summed E-state index contributed by atoms with van der Waals surface area (Å²) >= 11 is 0. The van der Waals surface area contributed by atoms with Crippen LogP contribution in [0.2, 0.25) is 0 Å². The Bertz CT molecular complexity index is 503. The molecule has 2 N–H and O–H groups in total. The van der Waals surface area contributed by atoms with E-state index in [4.69, 9.17) is 15.2 Å². The van der Waals surface area contributed by atoms with Crippen LogP contribution < -0.4 is 15.2 Å². The molecule has 1 amide bonds. The average molecular weight is 322 g/mol. The highest BCUT2D eigenvalue weighted by atomic mass is 16.5. The van der Waals surface area contributed by atoms with Crippen LogP contribution in [-0.4, -0.2) is 37.6 Å². The fourth-order valence-electron chi connectivity index (χ4n) is 2.54. The molecule has 0 aliphatic carbocycles. The van der Waals surface area contributed by atoms with Crippen LogP contribution in [-0.2, 0) is 11.2 Å². The molecule has 23 heavy (non-hydrogen) atoms. The fraction of sp³-hybridized carbons (Fsp3) is 0.611. The zero-order valence-corrected chi connectivity index (χ0v) is 14.9. The number of hydrogen-bond acceptors (Lipinski definition) is 4. The van der Waals surface area contributed by atoms with Crippen molar-refractivity contribution < 1.29 is 14.3 Å². The summed E-state index contributed by atoms with van der Waals surface area (Å²) in [7, 11) is 1.59. The minimum atomic E-state index is 0.171. The first-order valence-electron chi connectivity index (χ1n) is 8.44. The Morgan fingerprint density at radius 1 is 1.26 bits per heavy atom. The van der Waals surface area contributed by atoms with Gasteiger partial charge in [-0.2, -0.15) is 0 Å². The molecule has 5 nitrogen and oxygen atoms in total. The van der Waals surface area contributed by atoms with E-state index in [1.165, 1.54) is 0 Å². The van der Waals surface area contributed by atoms with Gasteiger partial charge in [-0.3, -0.25) is 4.79 Å². The third-order valence-electron chi connectivity index (χ3n) is 3.79. The molecular weight excluding hydrogens is 292 g/mol. The van der Waals surface area contributed by atoms with Gasteiger partial charge in [0.15, 0.2) is 11.5 Å². The zero-order valence-electron chi connectivity index (χ0n) is 14.9. The lowest BCUT2D eigenvalue weighted by atomic mass is 10.1. The van der Waals surface area contributed by atoms with E-state index in [-0.39, 0.29) is 5.91 Å². The van der Waals surface area contributed by atoms with Gasteiger partial charge >= 0.3 is 0 Å². The number of benzene rings is 1. The second-order valence-corrected chi connectivity index (χ2v) is 5.47. The maximum absolute atomic E-state index is 12.4. The van der Waals surface area contributed by atoms with Crippen molar-refractivity contribution >= 4 is 11.6 Å². The van der Waals surface area contributed by atoms with Crippen molar-refractivity contribution in [2.24, 2.45) is 0 Å². The number of nitrogens with two attached hydrogens (primary N) is 1. The summed E-state index contributed by atoms with van der Waals surface area (Å²) in [5.74, 6) is 1.48. The van der Waals surface area contributed by atoms with E-state index < -0.39 is 0 Å². The van der Waals surface area contributed by atoms with Crippen molar-refractivity contribution in [3.63, 3.8) is 0 Å². The first kappa shape index (κ1) is 19.1. The number of nitrogen functional groups attached to an aromatic ring is 1. The maximum Gasteiger partial charge on any atom is 0.222 e. The summed E-state index contributed by atoms with van der Waals surface area (Å²) in [6.07, 6.45) is 3.17. The van der Waals surface area contributed by atoms with Crippen LogP contribution in [0.4, 0.5) is 5.69 Å². The van der Waals surface area contributed by atoms with Crippen LogP contribution in [0.3, 0.4) is 0 Å². The van der Waals surface area contributed by atoms with Crippen LogP contribution in [0.25, 0.3) is 0 Å². The third kappa shape index (κ3) is 5.66. The van der Waals surface area contributed by atoms with Crippen molar-refractivity contribution in [2.75, 3.05) is 32.5 Å². The lowest BCUT2D eigenvalue weighted by Gasteiger charge is -2.21. The minimum Gasteiger partial charge on any atom is -0.493 e. The van der Waals surface area contributed by atoms with Crippen molar-refractivity contribution in [3.8, 4) is 11.5 Å². The number of carbonyl (C=O) groups excluding carboxylic acids is 1. The highest BCUT2D eigenvalue weighted by molar-refractivity contribution is 5.76. The van der Waals surface area contributed by atoms with Crippen LogP contribution in [0, 0.1) is 0 Å². The molecule has 0 spiro atoms. The molecule has 0 bridgehead atoms. The Kier molecular flexibility index (Phi) is 8.30. The topological polar surface area (TPSA) is 64.8 Å². The van der Waals surface area contributed by atoms with Gasteiger partial charge in [0.05, 0.1) is 13.7 Å². The Balaban J connectivity index is 2.83. The number of amides is 1. The second kappa shape index (κ2) is 9.98. The van der Waals surface area contributed by atoms with Crippen LogP contribution in [0.1, 0.15) is 45.6 Å². The number of ether oxygens (including phenoxy) is 2. The van der Waals surface area contributed by atoms with E-state index in [9.17, 15) is 4.79 Å². The smallest absolute Gasteiger partial charge is 0.222 e. The number of carbonyl (C=O) groups is 1. The van der Waals surface area contributed by atoms with Gasteiger partial charge in [-0.05, 0) is 32.8 Å². The van der Waals surface area contributed by atoms with Gasteiger partial charge in [-0.25, -0.2) is 0 Å². The van der Waals surface area contributed by atoms with Gasteiger partial charge in [0.25, 0.3) is 0 Å². The molecule has 0 atom stereocenters. The van der Waals surface area contributed by atoms with Gasteiger partial charge in [-0.1, -0.05) is 13.3 Å². The second-order valence-electron chi connectivity index (χ2n) is 5.47. The van der Waals surface area contributed by atoms with Crippen LogP contribution >= 0.6 is 0 Å². The molecule has 0 heterocycles. The van der Waals surface area contributed by atoms with E-state index in [1.807, 2.05) is 24.8 Å². The zero-order chi connectivity index (χ0) is 17.2. The predicted molar refractivity (Wildman–Crippen MR) is 94.1 cm³/mol. The lowest BCUT2D eigenvalue weighted by Crippen LogP contribution is -2.31. The largest absolute Gasteiger partial charge is 0.493 e. The number of rotatable bonds is 10. The molecule has 0 fully saturated rings. The standard InChI is InChI=1S/C18H30N2O3/c1-5-8-11-20(6-2)17(21)10-9-14-12-15(19)13-16(22-4)18(14)23-7-3/h12-13H,5-11,19H2,1-4H3. The molecule has 5 heteroatoms. The molecule has 0 aliphatic rings. The average Bonchev–Trinajstić information content (AvgIpc) is 2.55. The van der Waals surface area contributed by atoms with Gasteiger partial charge in [0, 0.05) is 36.8 Å². The Labute approximate surface area is 139 Å². The number of hydrogen-bond donors (Lipinski definition) is 1. The molecule has 0 radical (unpaired) electrons. The molecule has 1 aromatic rings. The van der Waals surface area contributed by atoms with E-state index in [0.29, 0.717) is 36.6 Å². The highest BCUT2D eigenvalue weighted by Gasteiger charge is 2.16. The van der Waals surface area contributed by atoms with E-state index in [0.717, 1.165) is 31.5 Å². The summed E-state index contributed by atoms with van der Waals surface area (Å²) in [4.78, 5) is 14.3. The maximum atomic E-state index is 12.4. The molecule has 0 aliphatic heterocycles. The van der Waals surface area contributed by atoms with Crippen molar-refractivity contribution in [2.45, 2.75) is 46.5 Å². The Morgan fingerprint density at radius 3 is 2.57 bits per heavy atom. The minimum absolute atomic E-state index is 0.171. The Morgan fingerprint density at radius 2 is 2.00 bits per heavy atom. The molecule has 0 unspecified atom stereocenters. The molecule has 1 aromatic carbocycles.